The van der Waals surface area contributed by atoms with Crippen LogP contribution >= 0.6 is 0 Å². The molecule has 0 saturated carbocycles. The number of carbonyl (C=O) groups excluding carboxylic acids is 1. The summed E-state index contributed by atoms with van der Waals surface area (Å²) < 4.78 is 5.84. The molecule has 2 aliphatic rings. The molecule has 0 aliphatic carbocycles. The molecule has 3 atom stereocenters. The van der Waals surface area contributed by atoms with Crippen LogP contribution in [0.4, 0.5) is 0 Å². The molecule has 3 rings (SSSR count). The number of hydrogen-bond acceptors (Lipinski definition) is 4. The van der Waals surface area contributed by atoms with E-state index in [1.807, 2.05) is 11.0 Å². The van der Waals surface area contributed by atoms with Crippen molar-refractivity contribution in [2.24, 2.45) is 5.92 Å². The summed E-state index contributed by atoms with van der Waals surface area (Å²) in [6, 6.07) is 10.6. The van der Waals surface area contributed by atoms with Gasteiger partial charge in [-0.1, -0.05) is 30.3 Å². The van der Waals surface area contributed by atoms with E-state index in [0.29, 0.717) is 19.7 Å². The second-order valence-electron chi connectivity index (χ2n) is 6.22. The Labute approximate surface area is 132 Å². The fourth-order valence-corrected chi connectivity index (χ4v) is 3.21. The summed E-state index contributed by atoms with van der Waals surface area (Å²) in [5.74, 6) is 0.283. The number of rotatable bonds is 4. The first kappa shape index (κ1) is 15.5. The van der Waals surface area contributed by atoms with Gasteiger partial charge in [0, 0.05) is 25.7 Å². The number of morpholine rings is 1. The Hall–Kier alpha value is -1.43. The monoisotopic (exact) mass is 303 g/mol. The molecular weight excluding hydrogens is 278 g/mol. The molecule has 5 heteroatoms. The number of carbonyl (C=O) groups is 1. The first-order chi connectivity index (χ1) is 10.7. The van der Waals surface area contributed by atoms with Crippen LogP contribution < -0.4 is 10.9 Å². The van der Waals surface area contributed by atoms with E-state index in [1.165, 1.54) is 5.56 Å². The minimum atomic E-state index is 0.0351. The van der Waals surface area contributed by atoms with Crippen molar-refractivity contribution in [1.82, 2.24) is 15.8 Å². The van der Waals surface area contributed by atoms with E-state index in [4.69, 9.17) is 4.74 Å². The lowest BCUT2D eigenvalue weighted by Crippen LogP contribution is -2.49. The second-order valence-corrected chi connectivity index (χ2v) is 6.22. The second kappa shape index (κ2) is 7.22. The van der Waals surface area contributed by atoms with Crippen LogP contribution in [0.3, 0.4) is 0 Å². The number of nitrogens with one attached hydrogen (secondary N) is 2. The Morgan fingerprint density at radius 3 is 2.91 bits per heavy atom. The third kappa shape index (κ3) is 3.66. The lowest BCUT2D eigenvalue weighted by atomic mass is 10.0. The average Bonchev–Trinajstić information content (AvgIpc) is 2.99. The number of amides is 1. The molecule has 3 unspecified atom stereocenters. The van der Waals surface area contributed by atoms with Gasteiger partial charge in [-0.2, -0.15) is 0 Å². The van der Waals surface area contributed by atoms with Crippen molar-refractivity contribution in [3.63, 3.8) is 0 Å². The highest BCUT2D eigenvalue weighted by atomic mass is 16.5. The van der Waals surface area contributed by atoms with Crippen molar-refractivity contribution in [3.05, 3.63) is 35.9 Å². The minimum absolute atomic E-state index is 0.0351. The van der Waals surface area contributed by atoms with Gasteiger partial charge in [0.15, 0.2) is 0 Å². The zero-order chi connectivity index (χ0) is 15.4. The van der Waals surface area contributed by atoms with E-state index < -0.39 is 0 Å². The predicted octanol–water partition coefficient (Wildman–Crippen LogP) is 0.959. The van der Waals surface area contributed by atoms with E-state index in [9.17, 15) is 4.79 Å². The summed E-state index contributed by atoms with van der Waals surface area (Å²) >= 11 is 0. The zero-order valence-electron chi connectivity index (χ0n) is 13.1. The van der Waals surface area contributed by atoms with Gasteiger partial charge in [0.1, 0.15) is 0 Å². The first-order valence-electron chi connectivity index (χ1n) is 8.17. The number of aryl methyl sites for hydroxylation is 1. The van der Waals surface area contributed by atoms with E-state index in [-0.39, 0.29) is 24.0 Å². The smallest absolute Gasteiger partial charge is 0.228 e. The van der Waals surface area contributed by atoms with E-state index in [2.05, 4.69) is 42.0 Å². The third-order valence-electron chi connectivity index (χ3n) is 4.62. The molecule has 120 valence electrons. The fourth-order valence-electron chi connectivity index (χ4n) is 3.21. The third-order valence-corrected chi connectivity index (χ3v) is 4.62. The number of hydrogen-bond donors (Lipinski definition) is 2. The Morgan fingerprint density at radius 1 is 1.36 bits per heavy atom. The van der Waals surface area contributed by atoms with Gasteiger partial charge in [-0.05, 0) is 25.3 Å². The highest BCUT2D eigenvalue weighted by Gasteiger charge is 2.34. The lowest BCUT2D eigenvalue weighted by molar-refractivity contribution is -0.143. The fraction of sp³-hybridized carbons (Fsp3) is 0.588. The lowest BCUT2D eigenvalue weighted by Gasteiger charge is -2.35. The molecular formula is C17H25N3O2. The van der Waals surface area contributed by atoms with Gasteiger partial charge in [-0.3, -0.25) is 15.6 Å². The van der Waals surface area contributed by atoms with Crippen LogP contribution in [0.2, 0.25) is 0 Å². The van der Waals surface area contributed by atoms with Crippen LogP contribution in [0.15, 0.2) is 30.3 Å². The normalized spacial score (nSPS) is 28.8. The van der Waals surface area contributed by atoms with Crippen molar-refractivity contribution in [2.45, 2.75) is 31.9 Å². The first-order valence-corrected chi connectivity index (χ1v) is 8.17. The van der Waals surface area contributed by atoms with Crippen LogP contribution in [-0.2, 0) is 16.0 Å². The summed E-state index contributed by atoms with van der Waals surface area (Å²) in [6.07, 6.45) is 2.11. The van der Waals surface area contributed by atoms with Gasteiger partial charge >= 0.3 is 0 Å². The summed E-state index contributed by atoms with van der Waals surface area (Å²) in [7, 11) is 0. The average molecular weight is 303 g/mol. The SMILES string of the molecule is CC1NNCC1C(=O)N1CCOC(CCc2ccccc2)C1. The quantitative estimate of drug-likeness (QED) is 0.870. The summed E-state index contributed by atoms with van der Waals surface area (Å²) in [4.78, 5) is 14.6. The van der Waals surface area contributed by atoms with Gasteiger partial charge in [0.05, 0.1) is 18.6 Å². The van der Waals surface area contributed by atoms with E-state index >= 15 is 0 Å². The standard InChI is InChI=1S/C17H25N3O2/c1-13-16(11-18-19-13)17(21)20-9-10-22-15(12-20)8-7-14-5-3-2-4-6-14/h2-6,13,15-16,18-19H,7-12H2,1H3. The summed E-state index contributed by atoms with van der Waals surface area (Å²) in [5.41, 5.74) is 7.52. The van der Waals surface area contributed by atoms with Crippen LogP contribution in [0, 0.1) is 5.92 Å². The molecule has 2 heterocycles. The Balaban J connectivity index is 1.52. The number of hydrazine groups is 1. The predicted molar refractivity (Wildman–Crippen MR) is 85.2 cm³/mol. The summed E-state index contributed by atoms with van der Waals surface area (Å²) in [5, 5.41) is 0. The summed E-state index contributed by atoms with van der Waals surface area (Å²) in [6.45, 7) is 4.84. The van der Waals surface area contributed by atoms with Crippen molar-refractivity contribution >= 4 is 5.91 Å². The maximum atomic E-state index is 12.6. The molecule has 0 aromatic heterocycles. The van der Waals surface area contributed by atoms with Crippen molar-refractivity contribution < 1.29 is 9.53 Å². The van der Waals surface area contributed by atoms with Crippen LogP contribution in [0.5, 0.6) is 0 Å². The van der Waals surface area contributed by atoms with Crippen molar-refractivity contribution in [3.8, 4) is 0 Å². The van der Waals surface area contributed by atoms with Crippen molar-refractivity contribution in [2.75, 3.05) is 26.2 Å². The highest BCUT2D eigenvalue weighted by Crippen LogP contribution is 2.17. The molecule has 22 heavy (non-hydrogen) atoms. The number of benzene rings is 1. The maximum absolute atomic E-state index is 12.6. The van der Waals surface area contributed by atoms with Crippen LogP contribution in [0.1, 0.15) is 18.9 Å². The van der Waals surface area contributed by atoms with Gasteiger partial charge in [0.25, 0.3) is 0 Å². The number of ether oxygens (including phenoxy) is 1. The molecule has 2 fully saturated rings. The molecule has 2 saturated heterocycles. The maximum Gasteiger partial charge on any atom is 0.228 e. The molecule has 2 N–H and O–H groups in total. The minimum Gasteiger partial charge on any atom is -0.375 e. The van der Waals surface area contributed by atoms with E-state index in [0.717, 1.165) is 19.4 Å². The molecule has 0 spiro atoms. The Bertz CT molecular complexity index is 494. The van der Waals surface area contributed by atoms with Gasteiger partial charge in [0.2, 0.25) is 5.91 Å². The van der Waals surface area contributed by atoms with Crippen LogP contribution in [0.25, 0.3) is 0 Å². The molecule has 1 amide bonds. The number of nitrogens with zero attached hydrogens (tertiary/aromatic N) is 1. The van der Waals surface area contributed by atoms with Gasteiger partial charge in [-0.15, -0.1) is 0 Å². The largest absolute Gasteiger partial charge is 0.375 e. The zero-order valence-corrected chi connectivity index (χ0v) is 13.1. The molecule has 0 radical (unpaired) electrons. The molecule has 2 aliphatic heterocycles. The van der Waals surface area contributed by atoms with Gasteiger partial charge in [-0.25, -0.2) is 0 Å². The van der Waals surface area contributed by atoms with E-state index in [1.54, 1.807) is 0 Å². The molecule has 0 bridgehead atoms. The Kier molecular flexibility index (Phi) is 5.08. The van der Waals surface area contributed by atoms with Crippen molar-refractivity contribution in [1.29, 1.82) is 0 Å². The molecule has 1 aromatic carbocycles. The topological polar surface area (TPSA) is 53.6 Å². The molecule has 5 nitrogen and oxygen atoms in total. The highest BCUT2D eigenvalue weighted by molar-refractivity contribution is 5.80. The van der Waals surface area contributed by atoms with Gasteiger partial charge < -0.3 is 9.64 Å². The van der Waals surface area contributed by atoms with Crippen LogP contribution in [-0.4, -0.2) is 49.2 Å². The molecule has 1 aromatic rings. The Morgan fingerprint density at radius 2 is 2.18 bits per heavy atom.